The lowest BCUT2D eigenvalue weighted by atomic mass is 10.2. The number of aromatic amines is 1. The Kier molecular flexibility index (Phi) is 4.43. The predicted molar refractivity (Wildman–Crippen MR) is 101 cm³/mol. The molecule has 1 N–H and O–H groups in total. The molecule has 9 heteroatoms. The zero-order valence-corrected chi connectivity index (χ0v) is 15.1. The normalized spacial score (nSPS) is 10.9. The van der Waals surface area contributed by atoms with E-state index in [0.717, 1.165) is 28.3 Å². The van der Waals surface area contributed by atoms with Gasteiger partial charge in [-0.2, -0.15) is 8.75 Å². The number of amides is 1. The molecule has 134 valence electrons. The molecular weight excluding hydrogens is 364 g/mol. The minimum Gasteiger partial charge on any atom is -0.337 e. The lowest BCUT2D eigenvalue weighted by Gasteiger charge is -2.16. The summed E-state index contributed by atoms with van der Waals surface area (Å²) in [6, 6.07) is 9.17. The molecule has 8 nitrogen and oxygen atoms in total. The van der Waals surface area contributed by atoms with Gasteiger partial charge in [-0.05, 0) is 29.8 Å². The first kappa shape index (κ1) is 17.0. The lowest BCUT2D eigenvalue weighted by Crippen LogP contribution is -2.31. The molecule has 0 atom stereocenters. The van der Waals surface area contributed by atoms with Crippen LogP contribution in [-0.2, 0) is 6.54 Å². The van der Waals surface area contributed by atoms with E-state index in [1.54, 1.807) is 31.6 Å². The Labute approximate surface area is 157 Å². The Morgan fingerprint density at radius 1 is 1.19 bits per heavy atom. The highest BCUT2D eigenvalue weighted by molar-refractivity contribution is 7.00. The maximum Gasteiger partial charge on any atom is 0.264 e. The number of hydrogen-bond donors (Lipinski definition) is 1. The number of nitrogens with one attached hydrogen (secondary N) is 1. The molecule has 4 aromatic rings. The fraction of sp³-hybridized carbons (Fsp3) is 0.111. The Morgan fingerprint density at radius 3 is 2.81 bits per heavy atom. The van der Waals surface area contributed by atoms with Crippen LogP contribution in [0.2, 0.25) is 0 Å². The largest absolute Gasteiger partial charge is 0.337 e. The molecule has 4 rings (SSSR count). The first-order valence-corrected chi connectivity index (χ1v) is 8.81. The summed E-state index contributed by atoms with van der Waals surface area (Å²) in [5.41, 5.74) is 2.69. The third kappa shape index (κ3) is 3.44. The van der Waals surface area contributed by atoms with E-state index >= 15 is 0 Å². The zero-order chi connectivity index (χ0) is 18.8. The molecule has 0 saturated carbocycles. The molecule has 3 heterocycles. The van der Waals surface area contributed by atoms with E-state index in [1.807, 2.05) is 18.2 Å². The third-order valence-electron chi connectivity index (χ3n) is 4.05. The van der Waals surface area contributed by atoms with Crippen molar-refractivity contribution in [3.05, 3.63) is 70.4 Å². The van der Waals surface area contributed by atoms with Gasteiger partial charge >= 0.3 is 0 Å². The van der Waals surface area contributed by atoms with Crippen molar-refractivity contribution in [2.24, 2.45) is 0 Å². The minimum atomic E-state index is -0.486. The van der Waals surface area contributed by atoms with Gasteiger partial charge in [0.1, 0.15) is 22.4 Å². The first-order chi connectivity index (χ1) is 13.1. The molecule has 0 saturated heterocycles. The summed E-state index contributed by atoms with van der Waals surface area (Å²) in [5.74, 6) is -0.0354. The Balaban J connectivity index is 1.55. The number of benzene rings is 1. The van der Waals surface area contributed by atoms with Crippen LogP contribution in [0.4, 0.5) is 0 Å². The number of hydrogen-bond acceptors (Lipinski definition) is 7. The zero-order valence-electron chi connectivity index (χ0n) is 14.3. The van der Waals surface area contributed by atoms with Gasteiger partial charge in [0.2, 0.25) is 0 Å². The Morgan fingerprint density at radius 2 is 2.04 bits per heavy atom. The van der Waals surface area contributed by atoms with E-state index in [1.165, 1.54) is 11.1 Å². The second-order valence-corrected chi connectivity index (χ2v) is 6.49. The number of fused-ring (bicyclic) bond motifs is 1. The standard InChI is InChI=1S/C18H14N6O2S/c1-24(10-11-4-5-14-15(7-11)23-27-22-14)18(26)13-9-20-16(21-17(13)25)12-3-2-6-19-8-12/h2-9H,10H2,1H3,(H,20,21,25). The summed E-state index contributed by atoms with van der Waals surface area (Å²) < 4.78 is 8.36. The van der Waals surface area contributed by atoms with Crippen molar-refractivity contribution >= 4 is 28.7 Å². The van der Waals surface area contributed by atoms with Crippen molar-refractivity contribution in [1.82, 2.24) is 28.6 Å². The minimum absolute atomic E-state index is 0.0125. The highest BCUT2D eigenvalue weighted by Crippen LogP contribution is 2.15. The summed E-state index contributed by atoms with van der Waals surface area (Å²) in [6.07, 6.45) is 4.52. The second kappa shape index (κ2) is 7.04. The van der Waals surface area contributed by atoms with E-state index in [4.69, 9.17) is 0 Å². The Bertz CT molecular complexity index is 1170. The molecule has 0 aliphatic rings. The van der Waals surface area contributed by atoms with E-state index in [-0.39, 0.29) is 5.56 Å². The number of rotatable bonds is 4. The molecule has 0 radical (unpaired) electrons. The molecule has 3 aromatic heterocycles. The van der Waals surface area contributed by atoms with Crippen LogP contribution >= 0.6 is 11.7 Å². The SMILES string of the molecule is CN(Cc1ccc2nsnc2c1)C(=O)c1cnc(-c2cccnc2)[nH]c1=O. The summed E-state index contributed by atoms with van der Waals surface area (Å²) in [5, 5.41) is 0. The van der Waals surface area contributed by atoms with Gasteiger partial charge < -0.3 is 9.88 Å². The maximum atomic E-state index is 12.7. The Hall–Kier alpha value is -3.46. The fourth-order valence-corrected chi connectivity index (χ4v) is 3.19. The van der Waals surface area contributed by atoms with Crippen LogP contribution in [0.3, 0.4) is 0 Å². The summed E-state index contributed by atoms with van der Waals surface area (Å²) in [7, 11) is 1.64. The van der Waals surface area contributed by atoms with Gasteiger partial charge in [-0.15, -0.1) is 0 Å². The number of aromatic nitrogens is 5. The van der Waals surface area contributed by atoms with Gasteiger partial charge in [-0.3, -0.25) is 14.6 Å². The van der Waals surface area contributed by atoms with Crippen LogP contribution in [0.15, 0.2) is 53.7 Å². The topological polar surface area (TPSA) is 105 Å². The van der Waals surface area contributed by atoms with Gasteiger partial charge in [0.05, 0.1) is 11.7 Å². The average Bonchev–Trinajstić information content (AvgIpc) is 3.16. The van der Waals surface area contributed by atoms with Crippen molar-refractivity contribution in [3.63, 3.8) is 0 Å². The summed E-state index contributed by atoms with van der Waals surface area (Å²) in [6.45, 7) is 0.343. The van der Waals surface area contributed by atoms with Crippen LogP contribution in [0, 0.1) is 0 Å². The summed E-state index contributed by atoms with van der Waals surface area (Å²) in [4.78, 5) is 37.3. The van der Waals surface area contributed by atoms with E-state index in [9.17, 15) is 9.59 Å². The molecular formula is C18H14N6O2S. The molecule has 0 unspecified atom stereocenters. The number of nitrogens with zero attached hydrogens (tertiary/aromatic N) is 5. The monoisotopic (exact) mass is 378 g/mol. The lowest BCUT2D eigenvalue weighted by molar-refractivity contribution is 0.0783. The van der Waals surface area contributed by atoms with Crippen LogP contribution in [0.1, 0.15) is 15.9 Å². The maximum absolute atomic E-state index is 12.7. The molecule has 0 spiro atoms. The van der Waals surface area contributed by atoms with Gasteiger partial charge in [-0.25, -0.2) is 4.98 Å². The number of pyridine rings is 1. The van der Waals surface area contributed by atoms with Crippen LogP contribution < -0.4 is 5.56 Å². The number of carbonyl (C=O) groups excluding carboxylic acids is 1. The van der Waals surface area contributed by atoms with Crippen LogP contribution in [-0.4, -0.2) is 41.6 Å². The third-order valence-corrected chi connectivity index (χ3v) is 4.61. The second-order valence-electron chi connectivity index (χ2n) is 5.96. The highest BCUT2D eigenvalue weighted by Gasteiger charge is 2.17. The van der Waals surface area contributed by atoms with Crippen LogP contribution in [0.5, 0.6) is 0 Å². The van der Waals surface area contributed by atoms with E-state index in [0.29, 0.717) is 17.9 Å². The van der Waals surface area contributed by atoms with Gasteiger partial charge in [0.25, 0.3) is 11.5 Å². The number of H-pyrrole nitrogens is 1. The molecule has 1 aromatic carbocycles. The molecule has 1 amide bonds. The van der Waals surface area contributed by atoms with Crippen molar-refractivity contribution in [1.29, 1.82) is 0 Å². The molecule has 0 fully saturated rings. The molecule has 27 heavy (non-hydrogen) atoms. The molecule has 0 bridgehead atoms. The summed E-state index contributed by atoms with van der Waals surface area (Å²) >= 11 is 1.15. The van der Waals surface area contributed by atoms with Crippen LogP contribution in [0.25, 0.3) is 22.4 Å². The smallest absolute Gasteiger partial charge is 0.264 e. The van der Waals surface area contributed by atoms with Gasteiger partial charge in [0, 0.05) is 37.7 Å². The van der Waals surface area contributed by atoms with Crippen molar-refractivity contribution in [3.8, 4) is 11.4 Å². The first-order valence-electron chi connectivity index (χ1n) is 8.08. The van der Waals surface area contributed by atoms with Crippen molar-refractivity contribution in [2.75, 3.05) is 7.05 Å². The average molecular weight is 378 g/mol. The van der Waals surface area contributed by atoms with Gasteiger partial charge in [-0.1, -0.05) is 6.07 Å². The number of carbonyl (C=O) groups is 1. The molecule has 0 aliphatic carbocycles. The van der Waals surface area contributed by atoms with E-state index in [2.05, 4.69) is 23.7 Å². The highest BCUT2D eigenvalue weighted by atomic mass is 32.1. The van der Waals surface area contributed by atoms with Gasteiger partial charge in [0.15, 0.2) is 0 Å². The predicted octanol–water partition coefficient (Wildman–Crippen LogP) is 2.11. The fourth-order valence-electron chi connectivity index (χ4n) is 2.67. The van der Waals surface area contributed by atoms with E-state index < -0.39 is 11.5 Å². The quantitative estimate of drug-likeness (QED) is 0.583. The molecule has 0 aliphatic heterocycles. The van der Waals surface area contributed by atoms with Crippen molar-refractivity contribution < 1.29 is 4.79 Å². The van der Waals surface area contributed by atoms with Crippen molar-refractivity contribution in [2.45, 2.75) is 6.54 Å².